The van der Waals surface area contributed by atoms with Gasteiger partial charge in [-0.25, -0.2) is 4.39 Å². The van der Waals surface area contributed by atoms with E-state index in [0.29, 0.717) is 18.5 Å². The van der Waals surface area contributed by atoms with E-state index in [4.69, 9.17) is 4.42 Å². The smallest absolute Gasteiger partial charge is 0.315 e. The second-order valence-electron chi connectivity index (χ2n) is 4.60. The molecule has 1 atom stereocenters. The fourth-order valence-corrected chi connectivity index (χ4v) is 1.75. The summed E-state index contributed by atoms with van der Waals surface area (Å²) < 4.78 is 18.5. The predicted molar refractivity (Wildman–Crippen MR) is 74.7 cm³/mol. The van der Waals surface area contributed by atoms with Gasteiger partial charge in [0, 0.05) is 6.54 Å². The molecule has 0 aliphatic rings. The van der Waals surface area contributed by atoms with Gasteiger partial charge in [0.05, 0.1) is 6.04 Å². The molecule has 0 bridgehead atoms. The molecule has 2 aromatic rings. The second kappa shape index (κ2) is 7.00. The van der Waals surface area contributed by atoms with E-state index in [1.165, 1.54) is 12.1 Å². The molecule has 1 unspecified atom stereocenters. The van der Waals surface area contributed by atoms with Crippen LogP contribution in [0.4, 0.5) is 10.4 Å². The number of hydrogen-bond donors (Lipinski definition) is 2. The zero-order valence-corrected chi connectivity index (χ0v) is 11.7. The standard InChI is InChI=1S/C14H19FN4O/c1-3-7-16-10(2)13-18-19-14(20-13)17-9-11-5-4-6-12(15)8-11/h4-6,8,10,16H,3,7,9H2,1-2H3,(H,17,19). The number of nitrogens with zero attached hydrogens (tertiary/aromatic N) is 2. The Labute approximate surface area is 117 Å². The van der Waals surface area contributed by atoms with Gasteiger partial charge in [-0.15, -0.1) is 5.10 Å². The maximum absolute atomic E-state index is 13.0. The van der Waals surface area contributed by atoms with Crippen LogP contribution in [0.2, 0.25) is 0 Å². The first-order valence-corrected chi connectivity index (χ1v) is 6.74. The van der Waals surface area contributed by atoms with Crippen LogP contribution in [0.15, 0.2) is 28.7 Å². The molecule has 1 aromatic carbocycles. The molecule has 5 nitrogen and oxygen atoms in total. The van der Waals surface area contributed by atoms with Crippen molar-refractivity contribution < 1.29 is 8.81 Å². The monoisotopic (exact) mass is 278 g/mol. The van der Waals surface area contributed by atoms with E-state index in [2.05, 4.69) is 27.8 Å². The van der Waals surface area contributed by atoms with Crippen molar-refractivity contribution >= 4 is 6.01 Å². The molecule has 0 saturated heterocycles. The Kier molecular flexibility index (Phi) is 5.06. The molecular weight excluding hydrogens is 259 g/mol. The van der Waals surface area contributed by atoms with Crippen LogP contribution in [0.5, 0.6) is 0 Å². The minimum atomic E-state index is -0.257. The molecule has 6 heteroatoms. The minimum Gasteiger partial charge on any atom is -0.406 e. The van der Waals surface area contributed by atoms with Gasteiger partial charge in [0.15, 0.2) is 0 Å². The molecule has 0 radical (unpaired) electrons. The highest BCUT2D eigenvalue weighted by Crippen LogP contribution is 2.14. The van der Waals surface area contributed by atoms with Gasteiger partial charge in [0.1, 0.15) is 5.82 Å². The van der Waals surface area contributed by atoms with Crippen LogP contribution < -0.4 is 10.6 Å². The first-order chi connectivity index (χ1) is 9.69. The van der Waals surface area contributed by atoms with Gasteiger partial charge >= 0.3 is 6.01 Å². The molecular formula is C14H19FN4O. The average molecular weight is 278 g/mol. The van der Waals surface area contributed by atoms with Gasteiger partial charge in [-0.3, -0.25) is 0 Å². The third-order valence-corrected chi connectivity index (χ3v) is 2.84. The van der Waals surface area contributed by atoms with E-state index < -0.39 is 0 Å². The highest BCUT2D eigenvalue weighted by molar-refractivity contribution is 5.24. The molecule has 2 rings (SSSR count). The molecule has 0 saturated carbocycles. The van der Waals surface area contributed by atoms with E-state index in [1.54, 1.807) is 6.07 Å². The Morgan fingerprint density at radius 2 is 2.20 bits per heavy atom. The SMILES string of the molecule is CCCNC(C)c1nnc(NCc2cccc(F)c2)o1. The van der Waals surface area contributed by atoms with Crippen LogP contribution in [0.3, 0.4) is 0 Å². The van der Waals surface area contributed by atoms with Crippen LogP contribution >= 0.6 is 0 Å². The van der Waals surface area contributed by atoms with Gasteiger partial charge in [-0.2, -0.15) is 0 Å². The number of benzene rings is 1. The van der Waals surface area contributed by atoms with Crippen molar-refractivity contribution in [3.8, 4) is 0 Å². The first kappa shape index (κ1) is 14.5. The van der Waals surface area contributed by atoms with Crippen LogP contribution in [0.25, 0.3) is 0 Å². The zero-order valence-electron chi connectivity index (χ0n) is 11.7. The quantitative estimate of drug-likeness (QED) is 0.815. The molecule has 20 heavy (non-hydrogen) atoms. The maximum atomic E-state index is 13.0. The number of hydrogen-bond acceptors (Lipinski definition) is 5. The van der Waals surface area contributed by atoms with E-state index in [1.807, 2.05) is 13.0 Å². The second-order valence-corrected chi connectivity index (χ2v) is 4.60. The summed E-state index contributed by atoms with van der Waals surface area (Å²) in [6.45, 7) is 5.41. The Balaban J connectivity index is 1.89. The molecule has 0 amide bonds. The highest BCUT2D eigenvalue weighted by Gasteiger charge is 2.12. The van der Waals surface area contributed by atoms with E-state index in [0.717, 1.165) is 18.5 Å². The summed E-state index contributed by atoms with van der Waals surface area (Å²) in [5.74, 6) is 0.285. The summed E-state index contributed by atoms with van der Waals surface area (Å²) >= 11 is 0. The highest BCUT2D eigenvalue weighted by atomic mass is 19.1. The van der Waals surface area contributed by atoms with Crippen LogP contribution in [-0.2, 0) is 6.54 Å². The van der Waals surface area contributed by atoms with Crippen molar-refractivity contribution in [1.29, 1.82) is 0 Å². The Morgan fingerprint density at radius 1 is 1.35 bits per heavy atom. The summed E-state index contributed by atoms with van der Waals surface area (Å²) in [6, 6.07) is 6.74. The number of rotatable bonds is 7. The fourth-order valence-electron chi connectivity index (χ4n) is 1.75. The van der Waals surface area contributed by atoms with Gasteiger partial charge in [0.25, 0.3) is 0 Å². The van der Waals surface area contributed by atoms with Crippen molar-refractivity contribution in [2.24, 2.45) is 0 Å². The summed E-state index contributed by atoms with van der Waals surface area (Å²) in [5, 5.41) is 14.2. The lowest BCUT2D eigenvalue weighted by Crippen LogP contribution is -2.19. The van der Waals surface area contributed by atoms with E-state index in [-0.39, 0.29) is 11.9 Å². The summed E-state index contributed by atoms with van der Waals surface area (Å²) in [6.07, 6.45) is 1.04. The molecule has 0 aliphatic carbocycles. The van der Waals surface area contributed by atoms with Crippen LogP contribution in [-0.4, -0.2) is 16.7 Å². The number of nitrogens with one attached hydrogen (secondary N) is 2. The van der Waals surface area contributed by atoms with Crippen LogP contribution in [0.1, 0.15) is 37.8 Å². The fraction of sp³-hybridized carbons (Fsp3) is 0.429. The van der Waals surface area contributed by atoms with Crippen molar-refractivity contribution in [3.63, 3.8) is 0 Å². The van der Waals surface area contributed by atoms with Gasteiger partial charge in [-0.1, -0.05) is 24.2 Å². The molecule has 1 aromatic heterocycles. The Hall–Kier alpha value is -1.95. The van der Waals surface area contributed by atoms with Crippen molar-refractivity contribution in [2.45, 2.75) is 32.9 Å². The summed E-state index contributed by atoms with van der Waals surface area (Å²) in [5.41, 5.74) is 0.821. The maximum Gasteiger partial charge on any atom is 0.315 e. The molecule has 0 spiro atoms. The zero-order chi connectivity index (χ0) is 14.4. The molecule has 1 heterocycles. The summed E-state index contributed by atoms with van der Waals surface area (Å²) in [7, 11) is 0. The van der Waals surface area contributed by atoms with E-state index >= 15 is 0 Å². The molecule has 0 fully saturated rings. The number of aromatic nitrogens is 2. The number of anilines is 1. The average Bonchev–Trinajstić information content (AvgIpc) is 2.91. The molecule has 2 N–H and O–H groups in total. The van der Waals surface area contributed by atoms with Gasteiger partial charge in [0.2, 0.25) is 5.89 Å². The van der Waals surface area contributed by atoms with Gasteiger partial charge in [-0.05, 0) is 37.6 Å². The lowest BCUT2D eigenvalue weighted by atomic mass is 10.2. The topological polar surface area (TPSA) is 63.0 Å². The lowest BCUT2D eigenvalue weighted by Gasteiger charge is -2.07. The van der Waals surface area contributed by atoms with Crippen molar-refractivity contribution in [3.05, 3.63) is 41.5 Å². The van der Waals surface area contributed by atoms with Crippen molar-refractivity contribution in [1.82, 2.24) is 15.5 Å². The molecule has 0 aliphatic heterocycles. The first-order valence-electron chi connectivity index (χ1n) is 6.74. The molecule has 108 valence electrons. The summed E-state index contributed by atoms with van der Waals surface area (Å²) in [4.78, 5) is 0. The number of halogens is 1. The normalized spacial score (nSPS) is 12.3. The predicted octanol–water partition coefficient (Wildman–Crippen LogP) is 2.88. The lowest BCUT2D eigenvalue weighted by molar-refractivity contribution is 0.423. The van der Waals surface area contributed by atoms with E-state index in [9.17, 15) is 4.39 Å². The third-order valence-electron chi connectivity index (χ3n) is 2.84. The Bertz CT molecular complexity index is 543. The Morgan fingerprint density at radius 3 is 2.95 bits per heavy atom. The minimum absolute atomic E-state index is 0.0205. The van der Waals surface area contributed by atoms with Crippen LogP contribution in [0, 0.1) is 5.82 Å². The van der Waals surface area contributed by atoms with Gasteiger partial charge < -0.3 is 15.1 Å². The third kappa shape index (κ3) is 4.03. The largest absolute Gasteiger partial charge is 0.406 e. The van der Waals surface area contributed by atoms with Crippen molar-refractivity contribution in [2.75, 3.05) is 11.9 Å².